The zero-order chi connectivity index (χ0) is 11.0. The molecule has 1 aliphatic heterocycles. The van der Waals surface area contributed by atoms with Gasteiger partial charge in [0.15, 0.2) is 0 Å². The molecule has 0 saturated carbocycles. The van der Waals surface area contributed by atoms with Gasteiger partial charge in [-0.25, -0.2) is 0 Å². The molecule has 2 atom stereocenters. The Morgan fingerprint density at radius 1 is 1.50 bits per heavy atom. The Bertz CT molecular complexity index is 494. The van der Waals surface area contributed by atoms with Crippen LogP contribution in [-0.4, -0.2) is 27.2 Å². The molecule has 2 unspecified atom stereocenters. The first-order chi connectivity index (χ1) is 7.81. The maximum Gasteiger partial charge on any atom is 0.0651 e. The molecule has 2 N–H and O–H groups in total. The Morgan fingerprint density at radius 2 is 2.44 bits per heavy atom. The van der Waals surface area contributed by atoms with E-state index in [9.17, 15) is 0 Å². The van der Waals surface area contributed by atoms with Gasteiger partial charge >= 0.3 is 0 Å². The highest BCUT2D eigenvalue weighted by molar-refractivity contribution is 8.00. The van der Waals surface area contributed by atoms with E-state index in [-0.39, 0.29) is 0 Å². The fourth-order valence-electron chi connectivity index (χ4n) is 2.19. The molecular weight excluding hydrogens is 218 g/mol. The molecule has 1 aliphatic rings. The highest BCUT2D eigenvalue weighted by Crippen LogP contribution is 2.28. The average Bonchev–Trinajstić information content (AvgIpc) is 2.87. The third kappa shape index (κ3) is 1.89. The maximum atomic E-state index is 4.03. The molecular formula is C12H15N3S. The number of H-pyrrole nitrogens is 1. The minimum Gasteiger partial charge on any atom is -0.381 e. The first-order valence-corrected chi connectivity index (χ1v) is 6.67. The average molecular weight is 233 g/mol. The second-order valence-corrected chi connectivity index (χ2v) is 5.86. The van der Waals surface area contributed by atoms with Crippen molar-refractivity contribution in [3.05, 3.63) is 24.4 Å². The summed E-state index contributed by atoms with van der Waals surface area (Å²) in [6, 6.07) is 6.97. The summed E-state index contributed by atoms with van der Waals surface area (Å²) in [6.45, 7) is 2.30. The van der Waals surface area contributed by atoms with Crippen molar-refractivity contribution < 1.29 is 0 Å². The summed E-state index contributed by atoms with van der Waals surface area (Å²) in [7, 11) is 0. The van der Waals surface area contributed by atoms with Crippen LogP contribution >= 0.6 is 11.8 Å². The molecule has 3 rings (SSSR count). The zero-order valence-corrected chi connectivity index (χ0v) is 10.1. The lowest BCUT2D eigenvalue weighted by Crippen LogP contribution is -2.18. The van der Waals surface area contributed by atoms with Crippen LogP contribution in [0.25, 0.3) is 10.9 Å². The Hall–Kier alpha value is -1.16. The molecule has 0 amide bonds. The van der Waals surface area contributed by atoms with Gasteiger partial charge in [-0.15, -0.1) is 0 Å². The van der Waals surface area contributed by atoms with Crippen LogP contribution in [0.1, 0.15) is 13.3 Å². The maximum absolute atomic E-state index is 4.03. The van der Waals surface area contributed by atoms with Gasteiger partial charge in [0.2, 0.25) is 0 Å². The minimum absolute atomic E-state index is 0.615. The van der Waals surface area contributed by atoms with Crippen molar-refractivity contribution >= 4 is 28.4 Å². The lowest BCUT2D eigenvalue weighted by Gasteiger charge is -2.13. The van der Waals surface area contributed by atoms with Gasteiger partial charge in [-0.1, -0.05) is 6.92 Å². The Balaban J connectivity index is 1.78. The summed E-state index contributed by atoms with van der Waals surface area (Å²) in [5, 5.41) is 12.5. The van der Waals surface area contributed by atoms with Crippen molar-refractivity contribution in [2.75, 3.05) is 11.1 Å². The van der Waals surface area contributed by atoms with Crippen LogP contribution in [-0.2, 0) is 0 Å². The molecule has 0 bridgehead atoms. The first-order valence-electron chi connectivity index (χ1n) is 5.62. The largest absolute Gasteiger partial charge is 0.381 e. The number of nitrogens with zero attached hydrogens (tertiary/aromatic N) is 1. The van der Waals surface area contributed by atoms with Crippen LogP contribution in [0.5, 0.6) is 0 Å². The van der Waals surface area contributed by atoms with E-state index in [1.807, 2.05) is 18.0 Å². The van der Waals surface area contributed by atoms with E-state index in [4.69, 9.17) is 0 Å². The molecule has 1 aromatic carbocycles. The van der Waals surface area contributed by atoms with Crippen LogP contribution < -0.4 is 5.32 Å². The van der Waals surface area contributed by atoms with Crippen LogP contribution in [0, 0.1) is 0 Å². The van der Waals surface area contributed by atoms with E-state index >= 15 is 0 Å². The molecule has 4 heteroatoms. The quantitative estimate of drug-likeness (QED) is 0.838. The van der Waals surface area contributed by atoms with Gasteiger partial charge in [0.1, 0.15) is 0 Å². The number of rotatable bonds is 2. The second kappa shape index (κ2) is 4.01. The molecule has 16 heavy (non-hydrogen) atoms. The summed E-state index contributed by atoms with van der Waals surface area (Å²) in [4.78, 5) is 0. The third-order valence-electron chi connectivity index (χ3n) is 3.01. The molecule has 3 nitrogen and oxygen atoms in total. The highest BCUT2D eigenvalue weighted by Gasteiger charge is 2.21. The standard InChI is InChI=1S/C12H15N3S/c1-8-4-11(7-16-8)14-10-2-3-12-9(5-10)6-13-15-12/h2-3,5-6,8,11,14H,4,7H2,1H3,(H,13,15). The monoisotopic (exact) mass is 233 g/mol. The van der Waals surface area contributed by atoms with E-state index in [1.165, 1.54) is 23.2 Å². The Kier molecular flexibility index (Phi) is 2.52. The van der Waals surface area contributed by atoms with Crippen molar-refractivity contribution in [1.82, 2.24) is 10.2 Å². The van der Waals surface area contributed by atoms with E-state index in [1.54, 1.807) is 0 Å². The summed E-state index contributed by atoms with van der Waals surface area (Å²) in [5.74, 6) is 1.21. The van der Waals surface area contributed by atoms with Gasteiger partial charge in [0.05, 0.1) is 11.7 Å². The van der Waals surface area contributed by atoms with E-state index in [2.05, 4.69) is 40.6 Å². The van der Waals surface area contributed by atoms with E-state index in [0.29, 0.717) is 6.04 Å². The highest BCUT2D eigenvalue weighted by atomic mass is 32.2. The van der Waals surface area contributed by atoms with Crippen LogP contribution in [0.15, 0.2) is 24.4 Å². The molecule has 0 aliphatic carbocycles. The predicted octanol–water partition coefficient (Wildman–Crippen LogP) is 2.87. The molecule has 1 saturated heterocycles. The van der Waals surface area contributed by atoms with Crippen molar-refractivity contribution in [3.8, 4) is 0 Å². The van der Waals surface area contributed by atoms with E-state index < -0.39 is 0 Å². The fraction of sp³-hybridized carbons (Fsp3) is 0.417. The van der Waals surface area contributed by atoms with Gasteiger partial charge in [0.25, 0.3) is 0 Å². The third-order valence-corrected chi connectivity index (χ3v) is 4.37. The van der Waals surface area contributed by atoms with Gasteiger partial charge in [-0.3, -0.25) is 5.10 Å². The van der Waals surface area contributed by atoms with Crippen molar-refractivity contribution in [2.45, 2.75) is 24.6 Å². The fourth-order valence-corrected chi connectivity index (χ4v) is 3.33. The van der Waals surface area contributed by atoms with Gasteiger partial charge in [-0.2, -0.15) is 16.9 Å². The lowest BCUT2D eigenvalue weighted by atomic mass is 10.1. The molecule has 0 spiro atoms. The van der Waals surface area contributed by atoms with Gasteiger partial charge < -0.3 is 5.32 Å². The lowest BCUT2D eigenvalue weighted by molar-refractivity contribution is 0.747. The van der Waals surface area contributed by atoms with Gasteiger partial charge in [-0.05, 0) is 24.6 Å². The SMILES string of the molecule is CC1CC(Nc2ccc3[nH]ncc3c2)CS1. The summed E-state index contributed by atoms with van der Waals surface area (Å²) >= 11 is 2.05. The molecule has 2 heterocycles. The second-order valence-electron chi connectivity index (χ2n) is 4.39. The van der Waals surface area contributed by atoms with Crippen molar-refractivity contribution in [3.63, 3.8) is 0 Å². The minimum atomic E-state index is 0.615. The number of benzene rings is 1. The molecule has 2 aromatic rings. The molecule has 1 aromatic heterocycles. The number of aromatic amines is 1. The summed E-state index contributed by atoms with van der Waals surface area (Å²) < 4.78 is 0. The normalized spacial score (nSPS) is 25.1. The number of aromatic nitrogens is 2. The number of fused-ring (bicyclic) bond motifs is 1. The van der Waals surface area contributed by atoms with Crippen LogP contribution in [0.4, 0.5) is 5.69 Å². The Labute approximate surface area is 99.0 Å². The van der Waals surface area contributed by atoms with Crippen molar-refractivity contribution in [2.24, 2.45) is 0 Å². The number of anilines is 1. The van der Waals surface area contributed by atoms with Gasteiger partial charge in [0, 0.05) is 28.1 Å². The topological polar surface area (TPSA) is 40.7 Å². The van der Waals surface area contributed by atoms with Crippen LogP contribution in [0.2, 0.25) is 0 Å². The smallest absolute Gasteiger partial charge is 0.0651 e. The van der Waals surface area contributed by atoms with E-state index in [0.717, 1.165) is 10.8 Å². The molecule has 0 radical (unpaired) electrons. The zero-order valence-electron chi connectivity index (χ0n) is 9.23. The summed E-state index contributed by atoms with van der Waals surface area (Å²) in [6.07, 6.45) is 3.13. The van der Waals surface area contributed by atoms with Crippen molar-refractivity contribution in [1.29, 1.82) is 0 Å². The molecule has 1 fully saturated rings. The predicted molar refractivity (Wildman–Crippen MR) is 70.0 cm³/mol. The summed E-state index contributed by atoms with van der Waals surface area (Å²) in [5.41, 5.74) is 2.30. The number of hydrogen-bond donors (Lipinski definition) is 2. The molecule has 84 valence electrons. The number of nitrogens with one attached hydrogen (secondary N) is 2. The first kappa shape index (κ1) is 10.0. The van der Waals surface area contributed by atoms with Crippen LogP contribution in [0.3, 0.4) is 0 Å². The number of thioether (sulfide) groups is 1. The Morgan fingerprint density at radius 3 is 3.25 bits per heavy atom. The number of hydrogen-bond acceptors (Lipinski definition) is 3.